The van der Waals surface area contributed by atoms with Crippen LogP contribution in [-0.4, -0.2) is 33.0 Å². The number of rotatable bonds is 6. The number of hydrogen-bond acceptors (Lipinski definition) is 6. The molecule has 0 saturated carbocycles. The maximum absolute atomic E-state index is 13.5. The van der Waals surface area contributed by atoms with Crippen molar-refractivity contribution in [3.8, 4) is 0 Å². The molecule has 3 aromatic rings. The first-order chi connectivity index (χ1) is 16.2. The lowest BCUT2D eigenvalue weighted by atomic mass is 10.1. The number of amidine groups is 2. The molecule has 2 amide bonds. The van der Waals surface area contributed by atoms with Gasteiger partial charge in [0.25, 0.3) is 5.91 Å². The number of furan rings is 1. The molecular formula is C25H22N4O3S. The zero-order chi connectivity index (χ0) is 22.8. The average molecular weight is 459 g/mol. The number of thioether (sulfide) groups is 1. The van der Waals surface area contributed by atoms with E-state index >= 15 is 0 Å². The number of amides is 2. The van der Waals surface area contributed by atoms with Crippen molar-refractivity contribution in [2.45, 2.75) is 31.2 Å². The van der Waals surface area contributed by atoms with Crippen molar-refractivity contribution in [3.05, 3.63) is 89.9 Å². The molecule has 166 valence electrons. The molecule has 1 aromatic heterocycles. The fraction of sp³-hybridized carbons (Fsp3) is 0.200. The number of nitrogens with zero attached hydrogens (tertiary/aromatic N) is 3. The highest BCUT2D eigenvalue weighted by atomic mass is 32.2. The van der Waals surface area contributed by atoms with Gasteiger partial charge in [-0.1, -0.05) is 61.2 Å². The van der Waals surface area contributed by atoms with Crippen molar-refractivity contribution < 1.29 is 14.0 Å². The van der Waals surface area contributed by atoms with Gasteiger partial charge < -0.3 is 9.73 Å². The number of benzene rings is 2. The number of fused-ring (bicyclic) bond motifs is 3. The van der Waals surface area contributed by atoms with E-state index in [1.54, 1.807) is 17.2 Å². The predicted molar refractivity (Wildman–Crippen MR) is 128 cm³/mol. The summed E-state index contributed by atoms with van der Waals surface area (Å²) in [7, 11) is 0. The standard InChI is InChI=1S/C25H22N4O3S/c1-2-20(23(30)26-15-17-11-8-14-32-17)33-25-27-19-13-7-6-12-18(19)22-28-21(24(31)29(22)25)16-9-4-3-5-10-16/h3-14,20-21H,2,15H2,1H3,(H,26,30)/t20-,21+/m1/s1. The number of carbonyl (C=O) groups excluding carboxylic acids is 2. The molecule has 0 spiro atoms. The topological polar surface area (TPSA) is 87.3 Å². The Hall–Kier alpha value is -3.65. The third-order valence-corrected chi connectivity index (χ3v) is 6.83. The molecule has 0 fully saturated rings. The molecule has 3 heterocycles. The number of para-hydroxylation sites is 1. The van der Waals surface area contributed by atoms with Gasteiger partial charge in [-0.15, -0.1) is 0 Å². The Morgan fingerprint density at radius 3 is 2.67 bits per heavy atom. The van der Waals surface area contributed by atoms with Crippen LogP contribution in [-0.2, 0) is 16.1 Å². The van der Waals surface area contributed by atoms with Gasteiger partial charge in [0, 0.05) is 5.56 Å². The van der Waals surface area contributed by atoms with Crippen molar-refractivity contribution in [3.63, 3.8) is 0 Å². The zero-order valence-corrected chi connectivity index (χ0v) is 18.8. The first-order valence-electron chi connectivity index (χ1n) is 10.8. The minimum absolute atomic E-state index is 0.134. The van der Waals surface area contributed by atoms with E-state index in [9.17, 15) is 9.59 Å². The normalized spacial score (nSPS) is 17.7. The molecule has 8 heteroatoms. The molecule has 2 atom stereocenters. The van der Waals surface area contributed by atoms with E-state index in [2.05, 4.69) is 5.32 Å². The summed E-state index contributed by atoms with van der Waals surface area (Å²) >= 11 is 1.28. The van der Waals surface area contributed by atoms with Gasteiger partial charge in [-0.2, -0.15) is 0 Å². The van der Waals surface area contributed by atoms with E-state index in [0.29, 0.717) is 29.7 Å². The summed E-state index contributed by atoms with van der Waals surface area (Å²) in [5.41, 5.74) is 2.38. The van der Waals surface area contributed by atoms with Gasteiger partial charge in [0.05, 0.1) is 23.7 Å². The molecule has 0 aliphatic carbocycles. The second-order valence-electron chi connectivity index (χ2n) is 7.66. The van der Waals surface area contributed by atoms with Gasteiger partial charge in [0.2, 0.25) is 5.91 Å². The maximum Gasteiger partial charge on any atom is 0.263 e. The highest BCUT2D eigenvalue weighted by Gasteiger charge is 2.43. The fourth-order valence-electron chi connectivity index (χ4n) is 3.83. The summed E-state index contributed by atoms with van der Waals surface area (Å²) in [6.07, 6.45) is 2.15. The van der Waals surface area contributed by atoms with Crippen LogP contribution in [0.25, 0.3) is 0 Å². The van der Waals surface area contributed by atoms with Crippen LogP contribution in [0.15, 0.2) is 87.4 Å². The van der Waals surface area contributed by atoms with Crippen LogP contribution < -0.4 is 5.32 Å². The lowest BCUT2D eigenvalue weighted by Crippen LogP contribution is -2.42. The summed E-state index contributed by atoms with van der Waals surface area (Å²) in [6, 6.07) is 20.1. The van der Waals surface area contributed by atoms with Crippen molar-refractivity contribution in [1.82, 2.24) is 10.2 Å². The summed E-state index contributed by atoms with van der Waals surface area (Å²) in [5, 5.41) is 2.95. The minimum atomic E-state index is -0.633. The molecule has 0 radical (unpaired) electrons. The summed E-state index contributed by atoms with van der Waals surface area (Å²) in [5.74, 6) is 0.961. The van der Waals surface area contributed by atoms with E-state index in [4.69, 9.17) is 14.4 Å². The Balaban J connectivity index is 1.43. The lowest BCUT2D eigenvalue weighted by molar-refractivity contribution is -0.125. The van der Waals surface area contributed by atoms with Crippen molar-refractivity contribution >= 4 is 40.3 Å². The van der Waals surface area contributed by atoms with Crippen LogP contribution >= 0.6 is 11.8 Å². The van der Waals surface area contributed by atoms with Crippen LogP contribution in [0.4, 0.5) is 5.69 Å². The van der Waals surface area contributed by atoms with Crippen molar-refractivity contribution in [1.29, 1.82) is 0 Å². The van der Waals surface area contributed by atoms with E-state index in [1.807, 2.05) is 67.6 Å². The molecule has 2 aliphatic rings. The Labute approximate surface area is 195 Å². The van der Waals surface area contributed by atoms with Gasteiger partial charge in [-0.3, -0.25) is 9.59 Å². The van der Waals surface area contributed by atoms with Gasteiger partial charge in [0.15, 0.2) is 11.2 Å². The van der Waals surface area contributed by atoms with Crippen LogP contribution in [0.3, 0.4) is 0 Å². The smallest absolute Gasteiger partial charge is 0.263 e. The number of hydrogen-bond donors (Lipinski definition) is 1. The minimum Gasteiger partial charge on any atom is -0.467 e. The average Bonchev–Trinajstić information content (AvgIpc) is 3.50. The largest absolute Gasteiger partial charge is 0.467 e. The van der Waals surface area contributed by atoms with E-state index in [0.717, 1.165) is 16.8 Å². The third kappa shape index (κ3) is 4.09. The molecule has 0 unspecified atom stereocenters. The molecule has 0 bridgehead atoms. The Bertz CT molecular complexity index is 1240. The summed E-state index contributed by atoms with van der Waals surface area (Å²) in [4.78, 5) is 37.5. The predicted octanol–water partition coefficient (Wildman–Crippen LogP) is 4.44. The van der Waals surface area contributed by atoms with Crippen molar-refractivity contribution in [2.24, 2.45) is 9.98 Å². The molecule has 2 aromatic carbocycles. The molecule has 2 aliphatic heterocycles. The monoisotopic (exact) mass is 458 g/mol. The highest BCUT2D eigenvalue weighted by molar-refractivity contribution is 8.15. The van der Waals surface area contributed by atoms with E-state index in [-0.39, 0.29) is 11.8 Å². The van der Waals surface area contributed by atoms with Crippen LogP contribution in [0, 0.1) is 0 Å². The number of carbonyl (C=O) groups is 2. The van der Waals surface area contributed by atoms with Gasteiger partial charge in [0.1, 0.15) is 11.6 Å². The molecule has 1 N–H and O–H groups in total. The molecule has 33 heavy (non-hydrogen) atoms. The van der Waals surface area contributed by atoms with Gasteiger partial charge >= 0.3 is 0 Å². The van der Waals surface area contributed by atoms with Crippen molar-refractivity contribution in [2.75, 3.05) is 0 Å². The van der Waals surface area contributed by atoms with Crippen LogP contribution in [0.2, 0.25) is 0 Å². The Morgan fingerprint density at radius 2 is 1.91 bits per heavy atom. The quantitative estimate of drug-likeness (QED) is 0.592. The molecular weight excluding hydrogens is 436 g/mol. The second-order valence-corrected chi connectivity index (χ2v) is 8.83. The number of nitrogens with one attached hydrogen (secondary N) is 1. The van der Waals surface area contributed by atoms with E-state index in [1.165, 1.54) is 11.8 Å². The highest BCUT2D eigenvalue weighted by Crippen LogP contribution is 2.38. The van der Waals surface area contributed by atoms with E-state index < -0.39 is 11.3 Å². The fourth-order valence-corrected chi connectivity index (χ4v) is 4.88. The third-order valence-electron chi connectivity index (χ3n) is 5.51. The number of aliphatic imine (C=N–C) groups is 2. The molecule has 7 nitrogen and oxygen atoms in total. The zero-order valence-electron chi connectivity index (χ0n) is 18.0. The first kappa shape index (κ1) is 21.2. The lowest BCUT2D eigenvalue weighted by Gasteiger charge is -2.27. The van der Waals surface area contributed by atoms with Crippen LogP contribution in [0.1, 0.15) is 36.3 Å². The molecule has 0 saturated heterocycles. The Kier molecular flexibility index (Phi) is 5.83. The summed E-state index contributed by atoms with van der Waals surface area (Å²) in [6.45, 7) is 2.25. The van der Waals surface area contributed by atoms with Gasteiger partial charge in [-0.05, 0) is 36.2 Å². The Morgan fingerprint density at radius 1 is 1.12 bits per heavy atom. The van der Waals surface area contributed by atoms with Crippen LogP contribution in [0.5, 0.6) is 0 Å². The summed E-state index contributed by atoms with van der Waals surface area (Å²) < 4.78 is 5.30. The SMILES string of the molecule is CC[C@@H](SC1=Nc2ccccc2C2=N[C@@H](c3ccccc3)C(=O)N12)C(=O)NCc1ccco1. The maximum atomic E-state index is 13.5. The molecule has 5 rings (SSSR count). The second kappa shape index (κ2) is 9.07. The first-order valence-corrected chi connectivity index (χ1v) is 11.6. The van der Waals surface area contributed by atoms with Gasteiger partial charge in [-0.25, -0.2) is 14.9 Å².